The SMILES string of the molecule is CCCC(C)(NCC(=O)N1CC(C)CC(C)C1)C(=O)O. The molecule has 0 spiro atoms. The second-order valence-electron chi connectivity index (χ2n) is 6.49. The number of carboxylic acids is 1. The molecule has 116 valence electrons. The van der Waals surface area contributed by atoms with Gasteiger partial charge in [0, 0.05) is 13.1 Å². The zero-order valence-corrected chi connectivity index (χ0v) is 13.1. The molecule has 1 aliphatic rings. The third-order valence-electron chi connectivity index (χ3n) is 4.07. The van der Waals surface area contributed by atoms with Crippen molar-refractivity contribution in [3.05, 3.63) is 0 Å². The average molecular weight is 284 g/mol. The average Bonchev–Trinajstić information content (AvgIpc) is 2.35. The Morgan fingerprint density at radius 2 is 1.85 bits per heavy atom. The van der Waals surface area contributed by atoms with Gasteiger partial charge in [-0.05, 0) is 31.6 Å². The molecule has 0 aromatic carbocycles. The van der Waals surface area contributed by atoms with Crippen LogP contribution in [0.25, 0.3) is 0 Å². The van der Waals surface area contributed by atoms with Crippen LogP contribution in [0.4, 0.5) is 0 Å². The van der Waals surface area contributed by atoms with Crippen molar-refractivity contribution in [1.29, 1.82) is 0 Å². The Balaban J connectivity index is 2.55. The Labute approximate surface area is 121 Å². The number of nitrogens with one attached hydrogen (secondary N) is 1. The summed E-state index contributed by atoms with van der Waals surface area (Å²) >= 11 is 0. The summed E-state index contributed by atoms with van der Waals surface area (Å²) in [6.07, 6.45) is 2.43. The molecular formula is C15H28N2O3. The van der Waals surface area contributed by atoms with Crippen LogP contribution in [0, 0.1) is 11.8 Å². The number of amides is 1. The fourth-order valence-corrected chi connectivity index (χ4v) is 3.02. The van der Waals surface area contributed by atoms with E-state index in [1.807, 2.05) is 11.8 Å². The number of carbonyl (C=O) groups is 2. The molecule has 0 saturated carbocycles. The van der Waals surface area contributed by atoms with Crippen LogP contribution in [0.3, 0.4) is 0 Å². The molecule has 0 radical (unpaired) electrons. The van der Waals surface area contributed by atoms with E-state index in [0.29, 0.717) is 18.3 Å². The number of hydrogen-bond donors (Lipinski definition) is 2. The Morgan fingerprint density at radius 1 is 1.30 bits per heavy atom. The molecule has 1 fully saturated rings. The molecule has 5 nitrogen and oxygen atoms in total. The maximum absolute atomic E-state index is 12.2. The molecule has 1 amide bonds. The van der Waals surface area contributed by atoms with E-state index in [-0.39, 0.29) is 12.5 Å². The number of carbonyl (C=O) groups excluding carboxylic acids is 1. The van der Waals surface area contributed by atoms with E-state index in [0.717, 1.165) is 25.9 Å². The fourth-order valence-electron chi connectivity index (χ4n) is 3.02. The Morgan fingerprint density at radius 3 is 2.30 bits per heavy atom. The number of likely N-dealkylation sites (tertiary alicyclic amines) is 1. The van der Waals surface area contributed by atoms with Crippen LogP contribution >= 0.6 is 0 Å². The largest absolute Gasteiger partial charge is 0.480 e. The van der Waals surface area contributed by atoms with E-state index in [1.54, 1.807) is 6.92 Å². The summed E-state index contributed by atoms with van der Waals surface area (Å²) in [7, 11) is 0. The fraction of sp³-hybridized carbons (Fsp3) is 0.867. The van der Waals surface area contributed by atoms with Crippen LogP contribution < -0.4 is 5.32 Å². The molecule has 0 aromatic rings. The van der Waals surface area contributed by atoms with E-state index >= 15 is 0 Å². The lowest BCUT2D eigenvalue weighted by molar-refractivity contribution is -0.145. The van der Waals surface area contributed by atoms with E-state index in [9.17, 15) is 14.7 Å². The van der Waals surface area contributed by atoms with Gasteiger partial charge in [0.15, 0.2) is 0 Å². The number of carboxylic acid groups (broad SMARTS) is 1. The monoisotopic (exact) mass is 284 g/mol. The van der Waals surface area contributed by atoms with Gasteiger partial charge in [-0.15, -0.1) is 0 Å². The zero-order valence-electron chi connectivity index (χ0n) is 13.1. The quantitative estimate of drug-likeness (QED) is 0.779. The van der Waals surface area contributed by atoms with Gasteiger partial charge in [0.25, 0.3) is 0 Å². The standard InChI is InChI=1S/C15H28N2O3/c1-5-6-15(4,14(19)20)16-8-13(18)17-9-11(2)7-12(3)10-17/h11-12,16H,5-10H2,1-4H3,(H,19,20). The van der Waals surface area contributed by atoms with Crippen molar-refractivity contribution in [3.8, 4) is 0 Å². The van der Waals surface area contributed by atoms with Gasteiger partial charge in [-0.25, -0.2) is 0 Å². The summed E-state index contributed by atoms with van der Waals surface area (Å²) in [5.41, 5.74) is -1.02. The van der Waals surface area contributed by atoms with E-state index in [1.165, 1.54) is 0 Å². The highest BCUT2D eigenvalue weighted by Crippen LogP contribution is 2.21. The van der Waals surface area contributed by atoms with Crippen molar-refractivity contribution in [2.24, 2.45) is 11.8 Å². The zero-order chi connectivity index (χ0) is 15.3. The van der Waals surface area contributed by atoms with Gasteiger partial charge in [0.2, 0.25) is 5.91 Å². The number of hydrogen-bond acceptors (Lipinski definition) is 3. The minimum Gasteiger partial charge on any atom is -0.480 e. The first-order valence-electron chi connectivity index (χ1n) is 7.54. The molecule has 1 rings (SSSR count). The smallest absolute Gasteiger partial charge is 0.323 e. The van der Waals surface area contributed by atoms with Crippen LogP contribution in [0.5, 0.6) is 0 Å². The van der Waals surface area contributed by atoms with Gasteiger partial charge in [0.05, 0.1) is 6.54 Å². The molecule has 1 aliphatic heterocycles. The first-order valence-corrected chi connectivity index (χ1v) is 7.54. The number of piperidine rings is 1. The summed E-state index contributed by atoms with van der Waals surface area (Å²) in [6.45, 7) is 9.56. The van der Waals surface area contributed by atoms with Crippen molar-refractivity contribution in [2.45, 2.75) is 52.5 Å². The van der Waals surface area contributed by atoms with Crippen molar-refractivity contribution in [1.82, 2.24) is 10.2 Å². The van der Waals surface area contributed by atoms with Crippen molar-refractivity contribution in [2.75, 3.05) is 19.6 Å². The van der Waals surface area contributed by atoms with Crippen molar-refractivity contribution >= 4 is 11.9 Å². The second-order valence-corrected chi connectivity index (χ2v) is 6.49. The van der Waals surface area contributed by atoms with Gasteiger partial charge in [-0.3, -0.25) is 14.9 Å². The maximum atomic E-state index is 12.2. The highest BCUT2D eigenvalue weighted by atomic mass is 16.4. The topological polar surface area (TPSA) is 69.6 Å². The molecule has 1 saturated heterocycles. The molecule has 1 heterocycles. The highest BCUT2D eigenvalue weighted by molar-refractivity contribution is 5.82. The first-order chi connectivity index (χ1) is 9.28. The van der Waals surface area contributed by atoms with Gasteiger partial charge >= 0.3 is 5.97 Å². The van der Waals surface area contributed by atoms with Gasteiger partial charge in [-0.2, -0.15) is 0 Å². The third kappa shape index (κ3) is 4.47. The summed E-state index contributed by atoms with van der Waals surface area (Å²) in [5, 5.41) is 12.2. The molecule has 0 aliphatic carbocycles. The number of rotatable bonds is 6. The van der Waals surface area contributed by atoms with Gasteiger partial charge in [0.1, 0.15) is 5.54 Å². The van der Waals surface area contributed by atoms with Gasteiger partial charge in [-0.1, -0.05) is 27.2 Å². The van der Waals surface area contributed by atoms with Crippen molar-refractivity contribution < 1.29 is 14.7 Å². The predicted molar refractivity (Wildman–Crippen MR) is 78.5 cm³/mol. The minimum absolute atomic E-state index is 0.00646. The Hall–Kier alpha value is -1.10. The molecular weight excluding hydrogens is 256 g/mol. The van der Waals surface area contributed by atoms with Crippen LogP contribution in [0.1, 0.15) is 47.0 Å². The molecule has 0 aromatic heterocycles. The minimum atomic E-state index is -1.02. The Kier molecular flexibility index (Phi) is 5.99. The summed E-state index contributed by atoms with van der Waals surface area (Å²) < 4.78 is 0. The summed E-state index contributed by atoms with van der Waals surface area (Å²) in [4.78, 5) is 25.4. The Bertz CT molecular complexity index is 349. The molecule has 0 bridgehead atoms. The summed E-state index contributed by atoms with van der Waals surface area (Å²) in [6, 6.07) is 0. The van der Waals surface area contributed by atoms with Crippen molar-refractivity contribution in [3.63, 3.8) is 0 Å². The highest BCUT2D eigenvalue weighted by Gasteiger charge is 2.33. The molecule has 3 unspecified atom stereocenters. The van der Waals surface area contributed by atoms with Crippen LogP contribution in [-0.2, 0) is 9.59 Å². The van der Waals surface area contributed by atoms with E-state index < -0.39 is 11.5 Å². The number of aliphatic carboxylic acids is 1. The normalized spacial score (nSPS) is 26.1. The third-order valence-corrected chi connectivity index (χ3v) is 4.07. The predicted octanol–water partition coefficient (Wildman–Crippen LogP) is 1.72. The lowest BCUT2D eigenvalue weighted by Gasteiger charge is -2.36. The van der Waals surface area contributed by atoms with Crippen LogP contribution in [0.2, 0.25) is 0 Å². The second kappa shape index (κ2) is 7.07. The molecule has 3 atom stereocenters. The number of nitrogens with zero attached hydrogens (tertiary/aromatic N) is 1. The van der Waals surface area contributed by atoms with Gasteiger partial charge < -0.3 is 10.0 Å². The van der Waals surface area contributed by atoms with Crippen LogP contribution in [0.15, 0.2) is 0 Å². The molecule has 5 heteroatoms. The lowest BCUT2D eigenvalue weighted by Crippen LogP contribution is -2.54. The van der Waals surface area contributed by atoms with Crippen LogP contribution in [-0.4, -0.2) is 47.1 Å². The first kappa shape index (κ1) is 17.0. The molecule has 20 heavy (non-hydrogen) atoms. The van der Waals surface area contributed by atoms with E-state index in [4.69, 9.17) is 0 Å². The van der Waals surface area contributed by atoms with E-state index in [2.05, 4.69) is 19.2 Å². The maximum Gasteiger partial charge on any atom is 0.323 e. The summed E-state index contributed by atoms with van der Waals surface area (Å²) in [5.74, 6) is 0.146. The lowest BCUT2D eigenvalue weighted by atomic mass is 9.92. The molecule has 2 N–H and O–H groups in total.